The Hall–Kier alpha value is -1.65. The van der Waals surface area contributed by atoms with Gasteiger partial charge in [0.05, 0.1) is 11.2 Å². The number of hydrogen-bond acceptors (Lipinski definition) is 1. The van der Waals surface area contributed by atoms with Crippen molar-refractivity contribution >= 4 is 11.6 Å². The number of hydrogen-bond donors (Lipinski definition) is 2. The minimum atomic E-state index is -0.702. The first-order valence-electron chi connectivity index (χ1n) is 4.85. The van der Waals surface area contributed by atoms with E-state index in [0.29, 0.717) is 0 Å². The summed E-state index contributed by atoms with van der Waals surface area (Å²) in [5.74, 6) is -1.24. The zero-order valence-electron chi connectivity index (χ0n) is 9.51. The summed E-state index contributed by atoms with van der Waals surface area (Å²) in [7, 11) is 0. The van der Waals surface area contributed by atoms with Crippen molar-refractivity contribution < 1.29 is 8.78 Å². The number of nitrogens with one attached hydrogen (secondary N) is 1. The maximum atomic E-state index is 13.2. The first-order chi connectivity index (χ1) is 7.28. The lowest BCUT2D eigenvalue weighted by atomic mass is 10.1. The third kappa shape index (κ3) is 3.84. The van der Waals surface area contributed by atoms with Crippen molar-refractivity contribution in [2.45, 2.75) is 26.3 Å². The molecule has 0 radical (unpaired) electrons. The first kappa shape index (κ1) is 12.4. The van der Waals surface area contributed by atoms with Crippen LogP contribution in [0.3, 0.4) is 0 Å². The van der Waals surface area contributed by atoms with E-state index in [2.05, 4.69) is 10.3 Å². The second-order valence-electron chi connectivity index (χ2n) is 4.42. The Labute approximate surface area is 93.4 Å². The fourth-order valence-corrected chi connectivity index (χ4v) is 1.12. The third-order valence-electron chi connectivity index (χ3n) is 1.65. The van der Waals surface area contributed by atoms with E-state index in [1.807, 2.05) is 20.8 Å². The van der Waals surface area contributed by atoms with Gasteiger partial charge in [0.25, 0.3) is 0 Å². The summed E-state index contributed by atoms with van der Waals surface area (Å²) in [5, 5.41) is 2.58. The van der Waals surface area contributed by atoms with Gasteiger partial charge < -0.3 is 11.1 Å². The van der Waals surface area contributed by atoms with Crippen LogP contribution in [0.5, 0.6) is 0 Å². The molecule has 0 heterocycles. The van der Waals surface area contributed by atoms with Gasteiger partial charge in [-0.25, -0.2) is 13.8 Å². The molecule has 5 heteroatoms. The lowest BCUT2D eigenvalue weighted by Gasteiger charge is -2.14. The van der Waals surface area contributed by atoms with E-state index < -0.39 is 11.6 Å². The molecule has 0 bridgehead atoms. The Morgan fingerprint density at radius 2 is 1.94 bits per heavy atom. The van der Waals surface area contributed by atoms with E-state index in [0.717, 1.165) is 12.1 Å². The molecule has 16 heavy (non-hydrogen) atoms. The molecule has 0 saturated carbocycles. The second-order valence-corrected chi connectivity index (χ2v) is 4.42. The molecule has 0 unspecified atom stereocenters. The monoisotopic (exact) mass is 227 g/mol. The number of aliphatic imine (C=N–C) groups is 1. The summed E-state index contributed by atoms with van der Waals surface area (Å²) in [4.78, 5) is 4.09. The third-order valence-corrected chi connectivity index (χ3v) is 1.65. The quantitative estimate of drug-likeness (QED) is 0.572. The lowest BCUT2D eigenvalue weighted by molar-refractivity contribution is 0.580. The van der Waals surface area contributed by atoms with E-state index in [1.54, 1.807) is 0 Å². The van der Waals surface area contributed by atoms with Crippen molar-refractivity contribution in [3.05, 3.63) is 29.8 Å². The Kier molecular flexibility index (Phi) is 3.47. The average Bonchev–Trinajstić information content (AvgIpc) is 2.06. The number of anilines is 1. The fourth-order valence-electron chi connectivity index (χ4n) is 1.12. The van der Waals surface area contributed by atoms with E-state index in [-0.39, 0.29) is 17.2 Å². The summed E-state index contributed by atoms with van der Waals surface area (Å²) in [6.07, 6.45) is 0. The van der Waals surface area contributed by atoms with E-state index in [4.69, 9.17) is 5.73 Å². The fraction of sp³-hybridized carbons (Fsp3) is 0.364. The van der Waals surface area contributed by atoms with Crippen LogP contribution >= 0.6 is 0 Å². The molecule has 0 amide bonds. The Morgan fingerprint density at radius 3 is 2.44 bits per heavy atom. The van der Waals surface area contributed by atoms with Crippen molar-refractivity contribution in [3.8, 4) is 0 Å². The molecule has 0 atom stereocenters. The van der Waals surface area contributed by atoms with Crippen molar-refractivity contribution in [1.82, 2.24) is 0 Å². The van der Waals surface area contributed by atoms with Crippen LogP contribution in [0.2, 0.25) is 0 Å². The van der Waals surface area contributed by atoms with Gasteiger partial charge in [-0.1, -0.05) is 0 Å². The Balaban J connectivity index is 2.85. The predicted octanol–water partition coefficient (Wildman–Crippen LogP) is 2.49. The second kappa shape index (κ2) is 4.47. The summed E-state index contributed by atoms with van der Waals surface area (Å²) < 4.78 is 25.9. The highest BCUT2D eigenvalue weighted by Crippen LogP contribution is 2.15. The van der Waals surface area contributed by atoms with Gasteiger partial charge in [-0.15, -0.1) is 0 Å². The van der Waals surface area contributed by atoms with Crippen molar-refractivity contribution in [1.29, 1.82) is 0 Å². The molecule has 1 aromatic carbocycles. The maximum Gasteiger partial charge on any atom is 0.193 e. The molecular formula is C11H15F2N3. The highest BCUT2D eigenvalue weighted by molar-refractivity contribution is 5.92. The number of guanidine groups is 1. The van der Waals surface area contributed by atoms with Gasteiger partial charge in [0.1, 0.15) is 11.6 Å². The van der Waals surface area contributed by atoms with Crippen molar-refractivity contribution in [3.63, 3.8) is 0 Å². The minimum Gasteiger partial charge on any atom is -0.370 e. The van der Waals surface area contributed by atoms with Crippen LogP contribution < -0.4 is 11.1 Å². The van der Waals surface area contributed by atoms with Gasteiger partial charge in [-0.2, -0.15) is 0 Å². The zero-order chi connectivity index (χ0) is 12.3. The number of nitrogens with zero attached hydrogens (tertiary/aromatic N) is 1. The van der Waals surface area contributed by atoms with E-state index >= 15 is 0 Å². The van der Waals surface area contributed by atoms with Gasteiger partial charge in [0.15, 0.2) is 5.96 Å². The highest BCUT2D eigenvalue weighted by atomic mass is 19.1. The van der Waals surface area contributed by atoms with Crippen LogP contribution in [0.25, 0.3) is 0 Å². The molecule has 88 valence electrons. The molecule has 1 aromatic rings. The summed E-state index contributed by atoms with van der Waals surface area (Å²) in [6, 6.07) is 3.21. The lowest BCUT2D eigenvalue weighted by Crippen LogP contribution is -2.27. The summed E-state index contributed by atoms with van der Waals surface area (Å²) in [5.41, 5.74) is 5.33. The molecule has 0 fully saturated rings. The summed E-state index contributed by atoms with van der Waals surface area (Å²) in [6.45, 7) is 5.59. The molecule has 3 N–H and O–H groups in total. The van der Waals surface area contributed by atoms with E-state index in [1.165, 1.54) is 6.07 Å². The number of halogens is 2. The predicted molar refractivity (Wildman–Crippen MR) is 61.4 cm³/mol. The summed E-state index contributed by atoms with van der Waals surface area (Å²) >= 11 is 0. The topological polar surface area (TPSA) is 50.4 Å². The highest BCUT2D eigenvalue weighted by Gasteiger charge is 2.09. The maximum absolute atomic E-state index is 13.2. The van der Waals surface area contributed by atoms with Crippen LogP contribution in [-0.4, -0.2) is 11.5 Å². The molecule has 0 spiro atoms. The molecule has 0 aliphatic carbocycles. The molecular weight excluding hydrogens is 212 g/mol. The molecule has 0 aliphatic rings. The van der Waals surface area contributed by atoms with Crippen LogP contribution in [0, 0.1) is 11.6 Å². The van der Waals surface area contributed by atoms with Crippen LogP contribution in [0.15, 0.2) is 23.2 Å². The van der Waals surface area contributed by atoms with Crippen LogP contribution in [0.4, 0.5) is 14.5 Å². The van der Waals surface area contributed by atoms with Gasteiger partial charge in [0, 0.05) is 6.07 Å². The average molecular weight is 227 g/mol. The molecule has 3 nitrogen and oxygen atoms in total. The standard InChI is InChI=1S/C11H15F2N3/c1-11(2,3)16-10(14)15-9-5-4-7(12)6-8(9)13/h4-6H,1-3H3,(H3,14,15,16). The van der Waals surface area contributed by atoms with Gasteiger partial charge in [-0.3, -0.25) is 0 Å². The number of rotatable bonds is 1. The molecule has 0 aromatic heterocycles. The van der Waals surface area contributed by atoms with Gasteiger partial charge in [-0.05, 0) is 32.9 Å². The van der Waals surface area contributed by atoms with Crippen molar-refractivity contribution in [2.75, 3.05) is 5.32 Å². The van der Waals surface area contributed by atoms with Crippen molar-refractivity contribution in [2.24, 2.45) is 10.7 Å². The molecule has 0 saturated heterocycles. The normalized spacial score (nSPS) is 12.7. The Bertz CT molecular complexity index is 408. The molecule has 1 rings (SSSR count). The van der Waals surface area contributed by atoms with Crippen LogP contribution in [0.1, 0.15) is 20.8 Å². The zero-order valence-corrected chi connectivity index (χ0v) is 9.51. The van der Waals surface area contributed by atoms with E-state index in [9.17, 15) is 8.78 Å². The van der Waals surface area contributed by atoms with Gasteiger partial charge in [0.2, 0.25) is 0 Å². The SMILES string of the molecule is CC(C)(C)N=C(N)Nc1ccc(F)cc1F. The first-order valence-corrected chi connectivity index (χ1v) is 4.85. The minimum absolute atomic E-state index is 0.0954. The van der Waals surface area contributed by atoms with Crippen LogP contribution in [-0.2, 0) is 0 Å². The molecule has 0 aliphatic heterocycles. The Morgan fingerprint density at radius 1 is 1.31 bits per heavy atom. The number of benzene rings is 1. The largest absolute Gasteiger partial charge is 0.370 e. The number of nitrogens with two attached hydrogens (primary N) is 1. The smallest absolute Gasteiger partial charge is 0.193 e. The van der Waals surface area contributed by atoms with Gasteiger partial charge >= 0.3 is 0 Å².